The Morgan fingerprint density at radius 3 is 2.24 bits per heavy atom. The van der Waals surface area contributed by atoms with Crippen LogP contribution in [0.2, 0.25) is 0 Å². The minimum absolute atomic E-state index is 0.0338. The van der Waals surface area contributed by atoms with Crippen LogP contribution in [0.5, 0.6) is 0 Å². The van der Waals surface area contributed by atoms with Crippen LogP contribution in [0.15, 0.2) is 47.4 Å². The summed E-state index contributed by atoms with van der Waals surface area (Å²) in [6, 6.07) is 9.92. The summed E-state index contributed by atoms with van der Waals surface area (Å²) >= 11 is 1.19. The number of amides is 1. The first-order valence-electron chi connectivity index (χ1n) is 7.89. The molecular formula is C18H17F3N2OS. The van der Waals surface area contributed by atoms with Gasteiger partial charge in [0.05, 0.1) is 5.75 Å². The standard InChI is InChI=1S/C18H17F3N2OS/c19-13-1-3-14(4-2-13)22-7-9-23(10-8-22)18(24)12-25-15-5-6-16(20)17(21)11-15/h1-6,11H,7-10,12H2. The zero-order valence-electron chi connectivity index (χ0n) is 13.4. The van der Waals surface area contributed by atoms with Gasteiger partial charge in [0.2, 0.25) is 5.91 Å². The highest BCUT2D eigenvalue weighted by atomic mass is 32.2. The van der Waals surface area contributed by atoms with E-state index in [4.69, 9.17) is 0 Å². The molecule has 0 radical (unpaired) electrons. The number of halogens is 3. The van der Waals surface area contributed by atoms with Gasteiger partial charge >= 0.3 is 0 Å². The van der Waals surface area contributed by atoms with Crippen molar-refractivity contribution >= 4 is 23.4 Å². The molecule has 0 N–H and O–H groups in total. The van der Waals surface area contributed by atoms with Crippen molar-refractivity contribution in [3.8, 4) is 0 Å². The van der Waals surface area contributed by atoms with Crippen LogP contribution in [0, 0.1) is 17.5 Å². The summed E-state index contributed by atoms with van der Waals surface area (Å²) in [5, 5.41) is 0. The molecular weight excluding hydrogens is 349 g/mol. The Labute approximate surface area is 148 Å². The van der Waals surface area contributed by atoms with Crippen molar-refractivity contribution in [1.29, 1.82) is 0 Å². The highest BCUT2D eigenvalue weighted by Crippen LogP contribution is 2.22. The maximum Gasteiger partial charge on any atom is 0.233 e. The third-order valence-electron chi connectivity index (χ3n) is 4.08. The Balaban J connectivity index is 1.49. The quantitative estimate of drug-likeness (QED) is 0.774. The molecule has 132 valence electrons. The number of anilines is 1. The van der Waals surface area contributed by atoms with Gasteiger partial charge in [0.25, 0.3) is 0 Å². The van der Waals surface area contributed by atoms with Crippen molar-refractivity contribution < 1.29 is 18.0 Å². The SMILES string of the molecule is O=C(CSc1ccc(F)c(F)c1)N1CCN(c2ccc(F)cc2)CC1. The van der Waals surface area contributed by atoms with Crippen LogP contribution in [0.3, 0.4) is 0 Å². The molecule has 3 rings (SSSR count). The minimum atomic E-state index is -0.912. The van der Waals surface area contributed by atoms with Crippen LogP contribution in [-0.2, 0) is 4.79 Å². The van der Waals surface area contributed by atoms with Gasteiger partial charge in [-0.2, -0.15) is 0 Å². The molecule has 25 heavy (non-hydrogen) atoms. The van der Waals surface area contributed by atoms with Crippen molar-refractivity contribution in [1.82, 2.24) is 4.90 Å². The lowest BCUT2D eigenvalue weighted by Crippen LogP contribution is -2.49. The van der Waals surface area contributed by atoms with Crippen molar-refractivity contribution in [2.75, 3.05) is 36.8 Å². The van der Waals surface area contributed by atoms with E-state index in [2.05, 4.69) is 4.90 Å². The number of carbonyl (C=O) groups is 1. The second-order valence-corrected chi connectivity index (χ2v) is 6.76. The normalized spacial score (nSPS) is 14.7. The largest absolute Gasteiger partial charge is 0.368 e. The van der Waals surface area contributed by atoms with Gasteiger partial charge in [-0.25, -0.2) is 13.2 Å². The van der Waals surface area contributed by atoms with E-state index < -0.39 is 11.6 Å². The Kier molecular flexibility index (Phi) is 5.53. The van der Waals surface area contributed by atoms with Gasteiger partial charge in [-0.3, -0.25) is 4.79 Å². The molecule has 0 aliphatic carbocycles. The zero-order chi connectivity index (χ0) is 17.8. The number of piperazine rings is 1. The maximum atomic E-state index is 13.2. The van der Waals surface area contributed by atoms with Crippen LogP contribution < -0.4 is 4.90 Å². The third kappa shape index (κ3) is 4.48. The smallest absolute Gasteiger partial charge is 0.233 e. The fraction of sp³-hybridized carbons (Fsp3) is 0.278. The van der Waals surface area contributed by atoms with E-state index in [-0.39, 0.29) is 17.5 Å². The van der Waals surface area contributed by atoms with Crippen LogP contribution in [0.1, 0.15) is 0 Å². The summed E-state index contributed by atoms with van der Waals surface area (Å²) in [4.78, 5) is 16.7. The maximum absolute atomic E-state index is 13.2. The van der Waals surface area contributed by atoms with Gasteiger partial charge < -0.3 is 9.80 Å². The molecule has 0 spiro atoms. The summed E-state index contributed by atoms with van der Waals surface area (Å²) in [5.41, 5.74) is 0.935. The molecule has 1 amide bonds. The summed E-state index contributed by atoms with van der Waals surface area (Å²) in [7, 11) is 0. The molecule has 1 aliphatic heterocycles. The molecule has 2 aromatic carbocycles. The molecule has 0 atom stereocenters. The predicted molar refractivity (Wildman–Crippen MR) is 92.3 cm³/mol. The topological polar surface area (TPSA) is 23.6 Å². The summed E-state index contributed by atoms with van der Waals surface area (Å²) in [5.74, 6) is -1.93. The van der Waals surface area contributed by atoms with Gasteiger partial charge in [-0.1, -0.05) is 0 Å². The molecule has 1 heterocycles. The molecule has 7 heteroatoms. The molecule has 0 aromatic heterocycles. The lowest BCUT2D eigenvalue weighted by atomic mass is 10.2. The monoisotopic (exact) mass is 366 g/mol. The molecule has 2 aromatic rings. The first-order valence-corrected chi connectivity index (χ1v) is 8.87. The average molecular weight is 366 g/mol. The molecule has 0 unspecified atom stereocenters. The second kappa shape index (κ2) is 7.82. The number of rotatable bonds is 4. The van der Waals surface area contributed by atoms with Crippen LogP contribution in [0.4, 0.5) is 18.9 Å². The van der Waals surface area contributed by atoms with E-state index in [1.54, 1.807) is 17.0 Å². The number of benzene rings is 2. The number of hydrogen-bond acceptors (Lipinski definition) is 3. The van der Waals surface area contributed by atoms with E-state index >= 15 is 0 Å². The van der Waals surface area contributed by atoms with Crippen LogP contribution in [-0.4, -0.2) is 42.7 Å². The average Bonchev–Trinajstić information content (AvgIpc) is 2.63. The summed E-state index contributed by atoms with van der Waals surface area (Å²) in [6.07, 6.45) is 0. The molecule has 1 saturated heterocycles. The predicted octanol–water partition coefficient (Wildman–Crippen LogP) is 3.54. The molecule has 0 bridgehead atoms. The van der Waals surface area contributed by atoms with Gasteiger partial charge in [-0.15, -0.1) is 11.8 Å². The van der Waals surface area contributed by atoms with Crippen molar-refractivity contribution in [2.45, 2.75) is 4.90 Å². The van der Waals surface area contributed by atoms with E-state index in [0.29, 0.717) is 31.1 Å². The number of thioether (sulfide) groups is 1. The summed E-state index contributed by atoms with van der Waals surface area (Å²) in [6.45, 7) is 2.50. The van der Waals surface area contributed by atoms with E-state index in [0.717, 1.165) is 17.8 Å². The van der Waals surface area contributed by atoms with Crippen LogP contribution >= 0.6 is 11.8 Å². The Morgan fingerprint density at radius 1 is 0.920 bits per heavy atom. The van der Waals surface area contributed by atoms with Crippen molar-refractivity contribution in [2.24, 2.45) is 0 Å². The van der Waals surface area contributed by atoms with E-state index in [9.17, 15) is 18.0 Å². The third-order valence-corrected chi connectivity index (χ3v) is 5.06. The Morgan fingerprint density at radius 2 is 1.60 bits per heavy atom. The van der Waals surface area contributed by atoms with Gasteiger partial charge in [0.1, 0.15) is 5.82 Å². The highest BCUT2D eigenvalue weighted by Gasteiger charge is 2.21. The van der Waals surface area contributed by atoms with E-state index in [1.165, 1.54) is 30.0 Å². The Hall–Kier alpha value is -2.15. The zero-order valence-corrected chi connectivity index (χ0v) is 14.2. The van der Waals surface area contributed by atoms with Gasteiger partial charge in [-0.05, 0) is 42.5 Å². The lowest BCUT2D eigenvalue weighted by Gasteiger charge is -2.36. The van der Waals surface area contributed by atoms with Crippen molar-refractivity contribution in [3.63, 3.8) is 0 Å². The van der Waals surface area contributed by atoms with Gasteiger partial charge in [0, 0.05) is 36.8 Å². The lowest BCUT2D eigenvalue weighted by molar-refractivity contribution is -0.128. The van der Waals surface area contributed by atoms with Gasteiger partial charge in [0.15, 0.2) is 11.6 Å². The number of nitrogens with zero attached hydrogens (tertiary/aromatic N) is 2. The molecule has 1 fully saturated rings. The second-order valence-electron chi connectivity index (χ2n) is 5.71. The fourth-order valence-electron chi connectivity index (χ4n) is 2.67. The number of carbonyl (C=O) groups excluding carboxylic acids is 1. The molecule has 0 saturated carbocycles. The Bertz CT molecular complexity index is 746. The summed E-state index contributed by atoms with van der Waals surface area (Å²) < 4.78 is 39.1. The first kappa shape index (κ1) is 17.7. The van der Waals surface area contributed by atoms with Crippen molar-refractivity contribution in [3.05, 3.63) is 59.9 Å². The number of hydrogen-bond donors (Lipinski definition) is 0. The molecule has 1 aliphatic rings. The minimum Gasteiger partial charge on any atom is -0.368 e. The molecule has 3 nitrogen and oxygen atoms in total. The van der Waals surface area contributed by atoms with E-state index in [1.807, 2.05) is 0 Å². The fourth-order valence-corrected chi connectivity index (χ4v) is 3.49. The van der Waals surface area contributed by atoms with Crippen LogP contribution in [0.25, 0.3) is 0 Å². The highest BCUT2D eigenvalue weighted by molar-refractivity contribution is 8.00. The first-order chi connectivity index (χ1) is 12.0.